The Morgan fingerprint density at radius 2 is 0.514 bits per heavy atom. The van der Waals surface area contributed by atoms with Gasteiger partial charge in [-0.2, -0.15) is 0 Å². The summed E-state index contributed by atoms with van der Waals surface area (Å²) in [4.78, 5) is 16.0. The molecule has 0 fully saturated rings. The van der Waals surface area contributed by atoms with E-state index in [1.165, 1.54) is 0 Å². The van der Waals surface area contributed by atoms with E-state index < -0.39 is 36.9 Å². The summed E-state index contributed by atoms with van der Waals surface area (Å²) in [6.07, 6.45) is 0. The second-order valence-corrected chi connectivity index (χ2v) is 23.5. The molecule has 7 heterocycles. The maximum Gasteiger partial charge on any atom is 0.462 e. The predicted octanol–water partition coefficient (Wildman–Crippen LogP) is 13.3. The van der Waals surface area contributed by atoms with E-state index in [4.69, 9.17) is 18.1 Å². The lowest BCUT2D eigenvalue weighted by Crippen LogP contribution is -2.32. The molecule has 10 nitrogen and oxygen atoms in total. The molecule has 0 saturated carbocycles. The first-order valence-electron chi connectivity index (χ1n) is 24.1. The summed E-state index contributed by atoms with van der Waals surface area (Å²) in [6, 6.07) is 66.7. The van der Waals surface area contributed by atoms with Crippen molar-refractivity contribution in [3.8, 4) is 23.0 Å². The Balaban J connectivity index is 1.14. The first-order chi connectivity index (χ1) is 34.8. The number of aromatic nitrogens is 4. The van der Waals surface area contributed by atoms with Crippen molar-refractivity contribution in [3.05, 3.63) is 274 Å². The molecule has 0 spiro atoms. The number of nitrogens with one attached hydrogen (secondary N) is 4. The number of fused-ring (bicyclic) bond motifs is 20. The van der Waals surface area contributed by atoms with Gasteiger partial charge in [-0.3, -0.25) is 0 Å². The quantitative estimate of drug-likeness (QED) is 0.127. The fraction of sp³-hybridized carbons (Fsp3) is 0.133. The highest BCUT2D eigenvalue weighted by Crippen LogP contribution is 2.54. The molecule has 356 valence electrons. The highest BCUT2D eigenvalue weighted by Gasteiger charge is 2.45. The van der Waals surface area contributed by atoms with Crippen LogP contribution in [0, 0.1) is 0 Å². The van der Waals surface area contributed by atoms with Gasteiger partial charge in [0.2, 0.25) is 0 Å². The van der Waals surface area contributed by atoms with E-state index in [1.807, 2.05) is 109 Å². The van der Waals surface area contributed by atoms with E-state index in [0.29, 0.717) is 33.6 Å². The molecule has 0 saturated heterocycles. The number of hydrogen-bond donors (Lipinski definition) is 4. The van der Waals surface area contributed by atoms with E-state index in [-0.39, 0.29) is 0 Å². The molecule has 6 aromatic carbocycles. The molecule has 4 N–H and O–H groups in total. The van der Waals surface area contributed by atoms with Crippen molar-refractivity contribution in [1.29, 1.82) is 0 Å². The van der Waals surface area contributed by atoms with Crippen LogP contribution in [-0.4, -0.2) is 19.9 Å². The molecular weight excluding hydrogens is 935 g/mol. The fourth-order valence-corrected chi connectivity index (χ4v) is 14.4. The summed E-state index contributed by atoms with van der Waals surface area (Å²) in [7, 11) is -8.13. The zero-order chi connectivity index (χ0) is 49.1. The van der Waals surface area contributed by atoms with Crippen molar-refractivity contribution in [1.82, 2.24) is 19.9 Å². The minimum Gasteiger partial charge on any atom is -0.413 e. The lowest BCUT2D eigenvalue weighted by Gasteiger charge is -2.34. The summed E-state index contributed by atoms with van der Waals surface area (Å²) < 4.78 is 57.6. The van der Waals surface area contributed by atoms with Crippen LogP contribution < -0.4 is 28.7 Å². The Labute approximate surface area is 417 Å². The van der Waals surface area contributed by atoms with Crippen LogP contribution in [0.5, 0.6) is 23.0 Å². The first kappa shape index (κ1) is 44.1. The van der Waals surface area contributed by atoms with Gasteiger partial charge < -0.3 is 38.0 Å². The standard InChI is InChI=1S/C60H50N4O6P2/c1-57-39-15-11-19-43(35-39)67-71(65,47-23-7-5-8-24-47)68-44-20-12-16-40(36-44)58(2,50-28-27-49(57)61-50)55-33-34-56(64-55)60(4)42-18-14-22-46(38-42)70-72(66,48-25-9-6-10-26-48)69-45-21-13-17-41(37-45)59(3,51-29-30-52(60)62-51)54-32-31-53(57)63-54/h5-38,61-64H,1-4H3/t57-,58+,59+,60-,71+,72-. The van der Waals surface area contributed by atoms with Crippen molar-refractivity contribution in [2.24, 2.45) is 0 Å². The molecule has 0 amide bonds. The number of hydrogen-bond acceptors (Lipinski definition) is 6. The average molecular weight is 985 g/mol. The number of benzene rings is 6. The summed E-state index contributed by atoms with van der Waals surface area (Å²) in [6.45, 7) is 8.79. The van der Waals surface area contributed by atoms with Crippen LogP contribution in [0.1, 0.15) is 95.5 Å². The lowest BCUT2D eigenvalue weighted by atomic mass is 9.76. The van der Waals surface area contributed by atoms with Crippen LogP contribution in [0.2, 0.25) is 0 Å². The molecule has 3 aliphatic heterocycles. The summed E-state index contributed by atoms with van der Waals surface area (Å²) in [5, 5.41) is 0.861. The van der Waals surface area contributed by atoms with E-state index >= 15 is 9.13 Å². The van der Waals surface area contributed by atoms with E-state index in [2.05, 4.69) is 120 Å². The van der Waals surface area contributed by atoms with E-state index in [0.717, 1.165) is 67.8 Å². The SMILES string of the molecule is C[C@]12c3cccc(c3)O[P@](=O)(c3ccccc3)Oc3cccc(c3)[C@](C)(c3ccc1[nH]3)c1ccc([nH]1)[C@@]1(C)c3cccc(c3)O[P@](=O)(c3ccccc3)Oc3cccc(c3)[C@](C)(c3ccc1[nH]3)c1ccc2[nH]1. The minimum atomic E-state index is -4.07. The molecule has 0 atom stereocenters. The third-order valence-electron chi connectivity index (χ3n) is 15.7. The topological polar surface area (TPSA) is 134 Å². The van der Waals surface area contributed by atoms with Gasteiger partial charge in [-0.1, -0.05) is 84.9 Å². The highest BCUT2D eigenvalue weighted by molar-refractivity contribution is 7.63. The molecular formula is C60H50N4O6P2. The zero-order valence-electron chi connectivity index (χ0n) is 40.0. The van der Waals surface area contributed by atoms with Gasteiger partial charge in [0.1, 0.15) is 23.0 Å². The van der Waals surface area contributed by atoms with Crippen LogP contribution in [-0.2, 0) is 30.8 Å². The van der Waals surface area contributed by atoms with E-state index in [1.54, 1.807) is 24.3 Å². The maximum absolute atomic E-state index is 15.5. The highest BCUT2D eigenvalue weighted by atomic mass is 31.2. The summed E-state index contributed by atoms with van der Waals surface area (Å²) >= 11 is 0. The van der Waals surface area contributed by atoms with Crippen molar-refractivity contribution in [2.45, 2.75) is 49.4 Å². The van der Waals surface area contributed by atoms with Crippen LogP contribution in [0.3, 0.4) is 0 Å². The summed E-state index contributed by atoms with van der Waals surface area (Å²) in [5.41, 5.74) is 7.22. The Bertz CT molecular complexity index is 3400. The smallest absolute Gasteiger partial charge is 0.413 e. The van der Waals surface area contributed by atoms with Crippen LogP contribution in [0.25, 0.3) is 0 Å². The van der Waals surface area contributed by atoms with Gasteiger partial charge >= 0.3 is 15.2 Å². The molecule has 10 aromatic rings. The van der Waals surface area contributed by atoms with Crippen molar-refractivity contribution in [2.75, 3.05) is 0 Å². The number of aromatic amines is 4. The molecule has 12 heteroatoms. The molecule has 72 heavy (non-hydrogen) atoms. The molecule has 3 aliphatic rings. The van der Waals surface area contributed by atoms with Gasteiger partial charge in [0.15, 0.2) is 0 Å². The van der Waals surface area contributed by atoms with Gasteiger partial charge in [0.25, 0.3) is 0 Å². The minimum absolute atomic E-state index is 0.391. The Hall–Kier alpha value is -7.90. The van der Waals surface area contributed by atoms with Crippen LogP contribution in [0.15, 0.2) is 206 Å². The molecule has 0 unspecified atom stereocenters. The Morgan fingerprint density at radius 3 is 0.736 bits per heavy atom. The Morgan fingerprint density at radius 1 is 0.292 bits per heavy atom. The van der Waals surface area contributed by atoms with Gasteiger partial charge in [-0.15, -0.1) is 0 Å². The zero-order valence-corrected chi connectivity index (χ0v) is 41.8. The van der Waals surface area contributed by atoms with Gasteiger partial charge in [-0.05, 0) is 171 Å². The van der Waals surface area contributed by atoms with Gasteiger partial charge in [-0.25, -0.2) is 9.13 Å². The third-order valence-corrected chi connectivity index (χ3v) is 19.4. The molecule has 20 bridgehead atoms. The predicted molar refractivity (Wildman–Crippen MR) is 281 cm³/mol. The first-order valence-corrected chi connectivity index (χ1v) is 27.2. The largest absolute Gasteiger partial charge is 0.462 e. The maximum atomic E-state index is 15.5. The second kappa shape index (κ2) is 15.8. The normalized spacial score (nSPS) is 25.8. The van der Waals surface area contributed by atoms with Crippen molar-refractivity contribution < 1.29 is 27.2 Å². The number of rotatable bonds is 2. The monoisotopic (exact) mass is 984 g/mol. The average Bonchev–Trinajstić information content (AvgIpc) is 4.27. The van der Waals surface area contributed by atoms with Crippen molar-refractivity contribution >= 4 is 25.8 Å². The van der Waals surface area contributed by atoms with Crippen LogP contribution >= 0.6 is 15.2 Å². The van der Waals surface area contributed by atoms with Crippen molar-refractivity contribution in [3.63, 3.8) is 0 Å². The molecule has 4 aromatic heterocycles. The molecule has 0 aliphatic carbocycles. The van der Waals surface area contributed by atoms with Gasteiger partial charge in [0.05, 0.1) is 32.3 Å². The van der Waals surface area contributed by atoms with Gasteiger partial charge in [0, 0.05) is 45.6 Å². The number of H-pyrrole nitrogens is 4. The lowest BCUT2D eigenvalue weighted by molar-refractivity contribution is 0.397. The summed E-state index contributed by atoms with van der Waals surface area (Å²) in [5.74, 6) is 1.57. The second-order valence-electron chi connectivity index (χ2n) is 19.8. The Kier molecular flexibility index (Phi) is 9.67. The molecule has 0 radical (unpaired) electrons. The van der Waals surface area contributed by atoms with E-state index in [9.17, 15) is 0 Å². The van der Waals surface area contributed by atoms with Crippen LogP contribution in [0.4, 0.5) is 0 Å². The molecule has 13 rings (SSSR count). The third kappa shape index (κ3) is 6.55. The fourth-order valence-electron chi connectivity index (χ4n) is 11.2.